The van der Waals surface area contributed by atoms with E-state index >= 15 is 0 Å². The van der Waals surface area contributed by atoms with Crippen molar-refractivity contribution in [1.82, 2.24) is 4.31 Å². The Morgan fingerprint density at radius 2 is 1.67 bits per heavy atom. The molecule has 0 aliphatic rings. The molecule has 2 aromatic carbocycles. The summed E-state index contributed by atoms with van der Waals surface area (Å²) in [6.07, 6.45) is 0. The Hall–Kier alpha value is -2.38. The van der Waals surface area contributed by atoms with Crippen LogP contribution in [0.5, 0.6) is 0 Å². The molecule has 0 aliphatic heterocycles. The van der Waals surface area contributed by atoms with Gasteiger partial charge in [0.15, 0.2) is 0 Å². The van der Waals surface area contributed by atoms with Gasteiger partial charge in [-0.3, -0.25) is 4.79 Å². The van der Waals surface area contributed by atoms with Crippen LogP contribution in [0.15, 0.2) is 53.4 Å². The number of benzene rings is 2. The molecule has 1 N–H and O–H groups in total. The fourth-order valence-electron chi connectivity index (χ4n) is 2.85. The monoisotopic (exact) mass is 389 g/mol. The maximum atomic E-state index is 12.8. The fourth-order valence-corrected chi connectivity index (χ4v) is 4.56. The van der Waals surface area contributed by atoms with E-state index in [-0.39, 0.29) is 17.3 Å². The minimum absolute atomic E-state index is 0.163. The van der Waals surface area contributed by atoms with Gasteiger partial charge in [0.05, 0.1) is 11.4 Å². The van der Waals surface area contributed by atoms with E-state index in [9.17, 15) is 13.2 Å². The Bertz CT molecular complexity index is 879. The minimum atomic E-state index is -3.58. The number of hydrogen-bond acceptors (Lipinski definition) is 4. The third-order valence-electron chi connectivity index (χ3n) is 4.37. The van der Waals surface area contributed by atoms with Crippen molar-refractivity contribution in [2.75, 3.05) is 36.9 Å². The van der Waals surface area contributed by atoms with Crippen molar-refractivity contribution >= 4 is 27.3 Å². The van der Waals surface area contributed by atoms with Crippen LogP contribution in [0.1, 0.15) is 19.4 Å². The lowest BCUT2D eigenvalue weighted by Gasteiger charge is -2.21. The lowest BCUT2D eigenvalue weighted by Crippen LogP contribution is -2.31. The molecule has 0 spiro atoms. The summed E-state index contributed by atoms with van der Waals surface area (Å²) >= 11 is 0. The largest absolute Gasteiger partial charge is 0.365 e. The number of nitrogens with zero attached hydrogens (tertiary/aromatic N) is 2. The first-order valence-corrected chi connectivity index (χ1v) is 10.4. The molecular weight excluding hydrogens is 362 g/mol. The Morgan fingerprint density at radius 1 is 1.04 bits per heavy atom. The van der Waals surface area contributed by atoms with Crippen LogP contribution in [-0.4, -0.2) is 45.3 Å². The lowest BCUT2D eigenvalue weighted by molar-refractivity contribution is -0.114. The first-order valence-electron chi connectivity index (χ1n) is 8.96. The number of rotatable bonds is 8. The summed E-state index contributed by atoms with van der Waals surface area (Å²) in [4.78, 5) is 14.4. The Morgan fingerprint density at radius 3 is 2.26 bits per heavy atom. The van der Waals surface area contributed by atoms with Gasteiger partial charge < -0.3 is 10.2 Å². The van der Waals surface area contributed by atoms with E-state index in [0.29, 0.717) is 24.3 Å². The molecule has 0 saturated carbocycles. The van der Waals surface area contributed by atoms with Gasteiger partial charge in [0.25, 0.3) is 0 Å². The Labute approximate surface area is 161 Å². The molecule has 0 aliphatic carbocycles. The predicted molar refractivity (Wildman–Crippen MR) is 110 cm³/mol. The summed E-state index contributed by atoms with van der Waals surface area (Å²) in [6, 6.07) is 14.6. The number of hydrogen-bond donors (Lipinski definition) is 1. The Kier molecular flexibility index (Phi) is 6.98. The molecule has 0 aromatic heterocycles. The molecule has 0 unspecified atom stereocenters. The van der Waals surface area contributed by atoms with Crippen LogP contribution in [0.25, 0.3) is 0 Å². The third-order valence-corrected chi connectivity index (χ3v) is 6.56. The molecular formula is C20H27N3O3S. The maximum Gasteiger partial charge on any atom is 0.243 e. The SMILES string of the molecule is CCN(CC)S(=O)(=O)c1cc(NC(=O)CN(C)c2ccccc2)ccc1C. The smallest absolute Gasteiger partial charge is 0.243 e. The van der Waals surface area contributed by atoms with Crippen LogP contribution >= 0.6 is 0 Å². The van der Waals surface area contributed by atoms with Gasteiger partial charge in [-0.1, -0.05) is 38.1 Å². The van der Waals surface area contributed by atoms with E-state index in [1.54, 1.807) is 32.9 Å². The topological polar surface area (TPSA) is 69.7 Å². The van der Waals surface area contributed by atoms with Gasteiger partial charge in [-0.25, -0.2) is 8.42 Å². The zero-order valence-electron chi connectivity index (χ0n) is 16.3. The molecule has 2 aromatic rings. The first-order chi connectivity index (χ1) is 12.8. The fraction of sp³-hybridized carbons (Fsp3) is 0.350. The van der Waals surface area contributed by atoms with E-state index in [1.165, 1.54) is 10.4 Å². The summed E-state index contributed by atoms with van der Waals surface area (Å²) in [6.45, 7) is 6.33. The van der Waals surface area contributed by atoms with Gasteiger partial charge in [-0.05, 0) is 36.8 Å². The highest BCUT2D eigenvalue weighted by molar-refractivity contribution is 7.89. The second kappa shape index (κ2) is 9.01. The molecule has 27 heavy (non-hydrogen) atoms. The number of para-hydroxylation sites is 1. The van der Waals surface area contributed by atoms with Gasteiger partial charge in [-0.2, -0.15) is 4.31 Å². The zero-order valence-corrected chi connectivity index (χ0v) is 17.1. The molecule has 2 rings (SSSR count). The number of likely N-dealkylation sites (N-methyl/N-ethyl adjacent to an activating group) is 1. The summed E-state index contributed by atoms with van der Waals surface area (Å²) in [7, 11) is -1.75. The highest BCUT2D eigenvalue weighted by Gasteiger charge is 2.24. The van der Waals surface area contributed by atoms with Gasteiger partial charge in [0.1, 0.15) is 0 Å². The molecule has 0 atom stereocenters. The molecule has 1 amide bonds. The molecule has 146 valence electrons. The standard InChI is InChI=1S/C20H27N3O3S/c1-5-23(6-2)27(25,26)19-14-17(13-12-16(19)3)21-20(24)15-22(4)18-10-8-7-9-11-18/h7-14H,5-6,15H2,1-4H3,(H,21,24). The highest BCUT2D eigenvalue weighted by Crippen LogP contribution is 2.23. The van der Waals surface area contributed by atoms with Crippen molar-refractivity contribution in [2.45, 2.75) is 25.7 Å². The molecule has 7 heteroatoms. The molecule has 0 fully saturated rings. The van der Waals surface area contributed by atoms with Crippen LogP contribution in [0.3, 0.4) is 0 Å². The summed E-state index contributed by atoms with van der Waals surface area (Å²) < 4.78 is 27.0. The number of carbonyl (C=O) groups is 1. The van der Waals surface area contributed by atoms with E-state index in [1.807, 2.05) is 42.3 Å². The van der Waals surface area contributed by atoms with Crippen molar-refractivity contribution < 1.29 is 13.2 Å². The van der Waals surface area contributed by atoms with Crippen LogP contribution in [0.2, 0.25) is 0 Å². The van der Waals surface area contributed by atoms with Crippen LogP contribution in [0, 0.1) is 6.92 Å². The van der Waals surface area contributed by atoms with E-state index in [4.69, 9.17) is 0 Å². The maximum absolute atomic E-state index is 12.8. The molecule has 6 nitrogen and oxygen atoms in total. The van der Waals surface area contributed by atoms with Crippen LogP contribution < -0.4 is 10.2 Å². The average molecular weight is 390 g/mol. The van der Waals surface area contributed by atoms with Crippen LogP contribution in [-0.2, 0) is 14.8 Å². The van der Waals surface area contributed by atoms with Gasteiger partial charge in [-0.15, -0.1) is 0 Å². The molecule has 0 bridgehead atoms. The highest BCUT2D eigenvalue weighted by atomic mass is 32.2. The van der Waals surface area contributed by atoms with Crippen molar-refractivity contribution in [2.24, 2.45) is 0 Å². The van der Waals surface area contributed by atoms with E-state index < -0.39 is 10.0 Å². The number of sulfonamides is 1. The second-order valence-corrected chi connectivity index (χ2v) is 8.22. The number of carbonyl (C=O) groups excluding carboxylic acids is 1. The Balaban J connectivity index is 2.17. The first kappa shape index (κ1) is 20.9. The number of aryl methyl sites for hydroxylation is 1. The quantitative estimate of drug-likeness (QED) is 0.753. The zero-order chi connectivity index (χ0) is 20.0. The van der Waals surface area contributed by atoms with Gasteiger partial charge >= 0.3 is 0 Å². The summed E-state index contributed by atoms with van der Waals surface area (Å²) in [5.74, 6) is -0.212. The van der Waals surface area contributed by atoms with Crippen molar-refractivity contribution in [3.8, 4) is 0 Å². The van der Waals surface area contributed by atoms with Crippen molar-refractivity contribution in [3.63, 3.8) is 0 Å². The lowest BCUT2D eigenvalue weighted by atomic mass is 10.2. The summed E-state index contributed by atoms with van der Waals surface area (Å²) in [5.41, 5.74) is 2.06. The number of nitrogens with one attached hydrogen (secondary N) is 1. The minimum Gasteiger partial charge on any atom is -0.365 e. The van der Waals surface area contributed by atoms with E-state index in [2.05, 4.69) is 5.32 Å². The number of amides is 1. The second-order valence-electron chi connectivity index (χ2n) is 6.31. The third kappa shape index (κ3) is 5.08. The van der Waals surface area contributed by atoms with Crippen molar-refractivity contribution in [3.05, 3.63) is 54.1 Å². The average Bonchev–Trinajstić information content (AvgIpc) is 2.64. The van der Waals surface area contributed by atoms with Crippen molar-refractivity contribution in [1.29, 1.82) is 0 Å². The number of anilines is 2. The van der Waals surface area contributed by atoms with Gasteiger partial charge in [0.2, 0.25) is 15.9 Å². The predicted octanol–water partition coefficient (Wildman–Crippen LogP) is 3.10. The molecule has 0 radical (unpaired) electrons. The molecule has 0 heterocycles. The summed E-state index contributed by atoms with van der Waals surface area (Å²) in [5, 5.41) is 2.79. The normalized spacial score (nSPS) is 11.4. The van der Waals surface area contributed by atoms with Gasteiger partial charge in [0, 0.05) is 31.5 Å². The van der Waals surface area contributed by atoms with Crippen LogP contribution in [0.4, 0.5) is 11.4 Å². The molecule has 0 saturated heterocycles. The van der Waals surface area contributed by atoms with E-state index in [0.717, 1.165) is 5.69 Å².